The van der Waals surface area contributed by atoms with E-state index in [1.165, 1.54) is 60.7 Å². The second-order valence-corrected chi connectivity index (χ2v) is 8.65. The second-order valence-electron chi connectivity index (χ2n) is 8.65. The van der Waals surface area contributed by atoms with Crippen LogP contribution in [0.25, 0.3) is 0 Å². The molecule has 0 saturated carbocycles. The number of hydrogen-bond acceptors (Lipinski definition) is 10. The van der Waals surface area contributed by atoms with Crippen LogP contribution in [0.4, 0.5) is 11.4 Å². The van der Waals surface area contributed by atoms with Gasteiger partial charge in [-0.2, -0.15) is 0 Å². The summed E-state index contributed by atoms with van der Waals surface area (Å²) in [6, 6.07) is 13.4. The molecular formula is C28H20N2O10. The maximum Gasteiger partial charge on any atom is 0.338 e. The number of hydrogen-bond donors (Lipinski definition) is 2. The summed E-state index contributed by atoms with van der Waals surface area (Å²) in [6.45, 7) is -1.15. The van der Waals surface area contributed by atoms with Crippen molar-refractivity contribution in [3.63, 3.8) is 0 Å². The molecule has 0 fully saturated rings. The van der Waals surface area contributed by atoms with Crippen LogP contribution in [-0.2, 0) is 9.47 Å². The predicted octanol–water partition coefficient (Wildman–Crippen LogP) is 1.59. The molecule has 2 heterocycles. The van der Waals surface area contributed by atoms with Crippen LogP contribution in [0.2, 0.25) is 0 Å². The van der Waals surface area contributed by atoms with Crippen molar-refractivity contribution in [2.45, 2.75) is 0 Å². The van der Waals surface area contributed by atoms with Crippen molar-refractivity contribution in [3.8, 4) is 0 Å². The van der Waals surface area contributed by atoms with E-state index in [1.807, 2.05) is 0 Å². The molecule has 0 aromatic heterocycles. The quantitative estimate of drug-likeness (QED) is 0.314. The number of imide groups is 2. The fraction of sp³-hybridized carbons (Fsp3) is 0.143. The summed E-state index contributed by atoms with van der Waals surface area (Å²) < 4.78 is 9.71. The number of aliphatic hydroxyl groups excluding tert-OH is 2. The zero-order chi connectivity index (χ0) is 28.6. The molecule has 0 atom stereocenters. The molecule has 3 aromatic rings. The van der Waals surface area contributed by atoms with E-state index in [2.05, 4.69) is 0 Å². The SMILES string of the molecule is O=C(OCCO)c1ccc2c(c1)C(=O)N(c1ccc(N3C(=O)c4ccc(C(=O)OCCO)cc4C3=O)cc1)C2=O. The van der Waals surface area contributed by atoms with E-state index in [4.69, 9.17) is 19.7 Å². The molecule has 2 N–H and O–H groups in total. The molecule has 0 aliphatic carbocycles. The summed E-state index contributed by atoms with van der Waals surface area (Å²) in [5.41, 5.74) is 0.599. The number of aliphatic hydroxyl groups is 2. The van der Waals surface area contributed by atoms with Gasteiger partial charge in [0, 0.05) is 0 Å². The van der Waals surface area contributed by atoms with Gasteiger partial charge in [-0.25, -0.2) is 19.4 Å². The fourth-order valence-corrected chi connectivity index (χ4v) is 4.40. The first kappa shape index (κ1) is 26.4. The minimum absolute atomic E-state index is 0.00110. The highest BCUT2D eigenvalue weighted by Gasteiger charge is 2.39. The highest BCUT2D eigenvalue weighted by atomic mass is 16.5. The standard InChI is InChI=1S/C28H20N2O10/c31-9-11-39-27(37)15-1-7-19-21(13-15)25(35)29(23(19)33)17-3-5-18(6-4-17)30-24(34)20-8-2-16(14-22(20)26(30)36)28(38)40-12-10-32/h1-8,13-14,31-32H,9-12H2. The number of fused-ring (bicyclic) bond motifs is 2. The molecule has 0 spiro atoms. The monoisotopic (exact) mass is 544 g/mol. The molecule has 12 nitrogen and oxygen atoms in total. The number of anilines is 2. The average Bonchev–Trinajstić information content (AvgIpc) is 3.37. The van der Waals surface area contributed by atoms with Gasteiger partial charge in [-0.1, -0.05) is 0 Å². The first-order valence-electron chi connectivity index (χ1n) is 12.0. The lowest BCUT2D eigenvalue weighted by Gasteiger charge is -2.17. The lowest BCUT2D eigenvalue weighted by molar-refractivity contribution is 0.0427. The molecule has 5 rings (SSSR count). The van der Waals surface area contributed by atoms with Crippen LogP contribution in [-0.4, -0.2) is 72.2 Å². The minimum Gasteiger partial charge on any atom is -0.460 e. The Bertz CT molecular complexity index is 1480. The first-order valence-corrected chi connectivity index (χ1v) is 12.0. The molecular weight excluding hydrogens is 524 g/mol. The minimum atomic E-state index is -0.755. The van der Waals surface area contributed by atoms with Crippen molar-refractivity contribution in [2.75, 3.05) is 36.2 Å². The number of carbonyl (C=O) groups excluding carboxylic acids is 6. The van der Waals surface area contributed by atoms with Crippen LogP contribution in [0, 0.1) is 0 Å². The Morgan fingerprint density at radius 2 is 0.900 bits per heavy atom. The van der Waals surface area contributed by atoms with Crippen LogP contribution in [0.3, 0.4) is 0 Å². The van der Waals surface area contributed by atoms with Crippen LogP contribution < -0.4 is 9.80 Å². The Kier molecular flexibility index (Phi) is 6.94. The summed E-state index contributed by atoms with van der Waals surface area (Å²) in [6.07, 6.45) is 0. The average molecular weight is 544 g/mol. The number of nitrogens with zero attached hydrogens (tertiary/aromatic N) is 2. The van der Waals surface area contributed by atoms with Gasteiger partial charge in [-0.15, -0.1) is 0 Å². The van der Waals surface area contributed by atoms with Gasteiger partial charge in [0.2, 0.25) is 0 Å². The van der Waals surface area contributed by atoms with Gasteiger partial charge < -0.3 is 19.7 Å². The summed E-state index contributed by atoms with van der Waals surface area (Å²) in [5.74, 6) is -4.10. The van der Waals surface area contributed by atoms with E-state index >= 15 is 0 Å². The third-order valence-electron chi connectivity index (χ3n) is 6.26. The number of ether oxygens (including phenoxy) is 2. The Labute approximate surface area is 225 Å². The van der Waals surface area contributed by atoms with Gasteiger partial charge in [0.25, 0.3) is 23.6 Å². The molecule has 0 bridgehead atoms. The first-order chi connectivity index (χ1) is 19.3. The highest BCUT2D eigenvalue weighted by Crippen LogP contribution is 2.33. The summed E-state index contributed by atoms with van der Waals surface area (Å²) >= 11 is 0. The molecule has 0 radical (unpaired) electrons. The van der Waals surface area contributed by atoms with Crippen LogP contribution in [0.1, 0.15) is 62.1 Å². The van der Waals surface area contributed by atoms with E-state index in [9.17, 15) is 28.8 Å². The number of esters is 2. The van der Waals surface area contributed by atoms with Crippen LogP contribution in [0.5, 0.6) is 0 Å². The van der Waals surface area contributed by atoms with Crippen molar-refractivity contribution in [3.05, 3.63) is 94.0 Å². The number of carbonyl (C=O) groups is 6. The van der Waals surface area contributed by atoms with Crippen molar-refractivity contribution in [1.82, 2.24) is 0 Å². The molecule has 4 amide bonds. The lowest BCUT2D eigenvalue weighted by atomic mass is 10.1. The van der Waals surface area contributed by atoms with Crippen molar-refractivity contribution in [2.24, 2.45) is 0 Å². The molecule has 0 unspecified atom stereocenters. The van der Waals surface area contributed by atoms with Crippen molar-refractivity contribution in [1.29, 1.82) is 0 Å². The van der Waals surface area contributed by atoms with E-state index in [-0.39, 0.29) is 71.2 Å². The van der Waals surface area contributed by atoms with E-state index in [1.54, 1.807) is 0 Å². The van der Waals surface area contributed by atoms with E-state index in [0.717, 1.165) is 9.80 Å². The topological polar surface area (TPSA) is 168 Å². The Hall–Kier alpha value is -5.20. The third kappa shape index (κ3) is 4.40. The maximum absolute atomic E-state index is 13.1. The molecule has 12 heteroatoms. The van der Waals surface area contributed by atoms with Crippen LogP contribution >= 0.6 is 0 Å². The molecule has 202 valence electrons. The molecule has 3 aromatic carbocycles. The third-order valence-corrected chi connectivity index (χ3v) is 6.26. The number of amides is 4. The fourth-order valence-electron chi connectivity index (χ4n) is 4.40. The van der Waals surface area contributed by atoms with Crippen LogP contribution in [0.15, 0.2) is 60.7 Å². The Morgan fingerprint density at radius 3 is 1.25 bits per heavy atom. The van der Waals surface area contributed by atoms with Crippen molar-refractivity contribution < 1.29 is 48.5 Å². The smallest absolute Gasteiger partial charge is 0.338 e. The highest BCUT2D eigenvalue weighted by molar-refractivity contribution is 6.36. The Morgan fingerprint density at radius 1 is 0.550 bits per heavy atom. The van der Waals surface area contributed by atoms with Gasteiger partial charge in [0.15, 0.2) is 0 Å². The number of rotatable bonds is 8. The van der Waals surface area contributed by atoms with Gasteiger partial charge >= 0.3 is 11.9 Å². The zero-order valence-corrected chi connectivity index (χ0v) is 20.7. The van der Waals surface area contributed by atoms with Gasteiger partial charge in [-0.3, -0.25) is 19.2 Å². The summed E-state index contributed by atoms with van der Waals surface area (Å²) in [4.78, 5) is 78.2. The summed E-state index contributed by atoms with van der Waals surface area (Å²) in [7, 11) is 0. The lowest BCUT2D eigenvalue weighted by Crippen LogP contribution is -2.30. The molecule has 0 saturated heterocycles. The normalized spacial score (nSPS) is 13.9. The second kappa shape index (κ2) is 10.5. The Balaban J connectivity index is 1.37. The number of benzene rings is 3. The van der Waals surface area contributed by atoms with Gasteiger partial charge in [0.1, 0.15) is 13.2 Å². The molecule has 40 heavy (non-hydrogen) atoms. The van der Waals surface area contributed by atoms with Gasteiger partial charge in [-0.05, 0) is 60.7 Å². The summed E-state index contributed by atoms with van der Waals surface area (Å²) in [5, 5.41) is 17.7. The molecule has 2 aliphatic heterocycles. The van der Waals surface area contributed by atoms with Crippen molar-refractivity contribution >= 4 is 46.9 Å². The largest absolute Gasteiger partial charge is 0.460 e. The molecule has 2 aliphatic rings. The maximum atomic E-state index is 13.1. The predicted molar refractivity (Wildman–Crippen MR) is 136 cm³/mol. The van der Waals surface area contributed by atoms with E-state index in [0.29, 0.717) is 0 Å². The van der Waals surface area contributed by atoms with E-state index < -0.39 is 35.6 Å². The van der Waals surface area contributed by atoms with Gasteiger partial charge in [0.05, 0.1) is 58.0 Å². The zero-order valence-electron chi connectivity index (χ0n) is 20.7.